The Bertz CT molecular complexity index is 1360. The van der Waals surface area contributed by atoms with E-state index < -0.39 is 30.1 Å². The van der Waals surface area contributed by atoms with Crippen molar-refractivity contribution in [3.05, 3.63) is 72.6 Å². The third kappa shape index (κ3) is 5.30. The molecule has 0 saturated carbocycles. The molecule has 4 heterocycles. The molecule has 188 valence electrons. The molecule has 0 aliphatic carbocycles. The molecule has 0 spiro atoms. The number of carbonyl (C=O) groups excluding carboxylic acids is 1. The number of aromatic nitrogens is 4. The summed E-state index contributed by atoms with van der Waals surface area (Å²) in [5, 5.41) is 2.65. The molecule has 4 aromatic rings. The van der Waals surface area contributed by atoms with Crippen molar-refractivity contribution in [1.82, 2.24) is 25.3 Å². The minimum atomic E-state index is -4.55. The van der Waals surface area contributed by atoms with Gasteiger partial charge in [0, 0.05) is 58.6 Å². The van der Waals surface area contributed by atoms with Gasteiger partial charge >= 0.3 is 6.18 Å². The van der Waals surface area contributed by atoms with Gasteiger partial charge in [-0.15, -0.1) is 0 Å². The normalized spacial score (nSPS) is 13.5. The summed E-state index contributed by atoms with van der Waals surface area (Å²) >= 11 is 0. The van der Waals surface area contributed by atoms with Crippen molar-refractivity contribution in [2.45, 2.75) is 32.2 Å². The van der Waals surface area contributed by atoms with E-state index in [4.69, 9.17) is 10.5 Å². The Morgan fingerprint density at radius 1 is 1.17 bits per heavy atom. The largest absolute Gasteiger partial charge is 0.487 e. The van der Waals surface area contributed by atoms with E-state index in [-0.39, 0.29) is 0 Å². The molecule has 1 unspecified atom stereocenters. The molecule has 4 N–H and O–H groups in total. The van der Waals surface area contributed by atoms with E-state index >= 15 is 0 Å². The summed E-state index contributed by atoms with van der Waals surface area (Å²) in [6.45, 7) is 2.18. The Morgan fingerprint density at radius 2 is 1.97 bits per heavy atom. The van der Waals surface area contributed by atoms with Crippen LogP contribution in [0.4, 0.5) is 13.2 Å². The number of ether oxygens (including phenoxy) is 1. The molecule has 1 atom stereocenters. The van der Waals surface area contributed by atoms with E-state index in [1.54, 1.807) is 50.9 Å². The zero-order valence-corrected chi connectivity index (χ0v) is 19.6. The predicted octanol–water partition coefficient (Wildman–Crippen LogP) is 4.09. The maximum Gasteiger partial charge on any atom is 0.405 e. The molecule has 0 aliphatic heterocycles. The second kappa shape index (κ2) is 9.94. The van der Waals surface area contributed by atoms with E-state index in [2.05, 4.69) is 19.9 Å². The number of aromatic amines is 1. The van der Waals surface area contributed by atoms with Crippen molar-refractivity contribution in [3.8, 4) is 16.9 Å². The van der Waals surface area contributed by atoms with Crippen LogP contribution in [0.25, 0.3) is 22.2 Å². The maximum atomic E-state index is 12.8. The van der Waals surface area contributed by atoms with Crippen LogP contribution < -0.4 is 15.8 Å². The van der Waals surface area contributed by atoms with Crippen molar-refractivity contribution < 1.29 is 22.7 Å². The molecule has 0 bridgehead atoms. The van der Waals surface area contributed by atoms with Crippen LogP contribution in [0.5, 0.6) is 5.75 Å². The molecular weight excluding hydrogens is 473 g/mol. The van der Waals surface area contributed by atoms with Crippen molar-refractivity contribution in [1.29, 1.82) is 0 Å². The third-order valence-corrected chi connectivity index (χ3v) is 5.90. The van der Waals surface area contributed by atoms with Gasteiger partial charge in [-0.05, 0) is 24.1 Å². The highest BCUT2D eigenvalue weighted by Crippen LogP contribution is 2.34. The number of halogens is 3. The van der Waals surface area contributed by atoms with Crippen LogP contribution in [0.15, 0.2) is 61.4 Å². The molecule has 36 heavy (non-hydrogen) atoms. The number of nitrogens with zero attached hydrogens (tertiary/aromatic N) is 3. The highest BCUT2D eigenvalue weighted by molar-refractivity contribution is 5.95. The molecule has 11 heteroatoms. The zero-order valence-electron chi connectivity index (χ0n) is 19.6. The van der Waals surface area contributed by atoms with Gasteiger partial charge in [0.25, 0.3) is 0 Å². The first-order chi connectivity index (χ1) is 17.1. The van der Waals surface area contributed by atoms with Crippen LogP contribution in [-0.4, -0.2) is 38.6 Å². The number of carbonyl (C=O) groups is 1. The summed E-state index contributed by atoms with van der Waals surface area (Å²) < 4.78 is 44.0. The van der Waals surface area contributed by atoms with Gasteiger partial charge in [-0.2, -0.15) is 13.2 Å². The lowest BCUT2D eigenvalue weighted by Gasteiger charge is -2.32. The van der Waals surface area contributed by atoms with E-state index in [0.29, 0.717) is 29.1 Å². The first kappa shape index (κ1) is 25.1. The Balaban J connectivity index is 1.65. The zero-order chi connectivity index (χ0) is 25.9. The molecule has 8 nitrogen and oxygen atoms in total. The van der Waals surface area contributed by atoms with E-state index in [1.807, 2.05) is 23.5 Å². The van der Waals surface area contributed by atoms with Crippen LogP contribution in [-0.2, 0) is 16.9 Å². The quantitative estimate of drug-likeness (QED) is 0.337. The van der Waals surface area contributed by atoms with Crippen molar-refractivity contribution in [2.75, 3.05) is 6.54 Å². The highest BCUT2D eigenvalue weighted by Gasteiger charge is 2.41. The highest BCUT2D eigenvalue weighted by atomic mass is 19.4. The average Bonchev–Trinajstić information content (AvgIpc) is 3.29. The molecular formula is C25H25F3N6O2. The number of H-pyrrole nitrogens is 1. The molecule has 0 aromatic carbocycles. The smallest absolute Gasteiger partial charge is 0.405 e. The topological polar surface area (TPSA) is 119 Å². The Hall–Kier alpha value is -3.99. The summed E-state index contributed by atoms with van der Waals surface area (Å²) in [5.41, 5.74) is 7.84. The second-order valence-electron chi connectivity index (χ2n) is 8.70. The van der Waals surface area contributed by atoms with E-state index in [1.165, 1.54) is 6.20 Å². The standard InChI is InChI=1S/C25H25F3N6O2/c1-15(2)25(29,23(35)34-14-24(26,27)28)18-6-17(9-31-10-18)21-12-33-22-20(21)7-19(11-32-22)36-13-16-4-3-5-30-8-16/h3-12,15H,13-14,29H2,1-2H3,(H,32,33)(H,34,35). The Morgan fingerprint density at radius 3 is 2.67 bits per heavy atom. The van der Waals surface area contributed by atoms with Gasteiger partial charge in [0.1, 0.15) is 30.1 Å². The van der Waals surface area contributed by atoms with Gasteiger partial charge in [-0.3, -0.25) is 14.8 Å². The predicted molar refractivity (Wildman–Crippen MR) is 128 cm³/mol. The number of nitrogens with one attached hydrogen (secondary N) is 2. The van der Waals surface area contributed by atoms with Gasteiger partial charge < -0.3 is 20.8 Å². The molecule has 4 rings (SSSR count). The number of pyridine rings is 3. The van der Waals surface area contributed by atoms with Crippen LogP contribution >= 0.6 is 0 Å². The summed E-state index contributed by atoms with van der Waals surface area (Å²) in [6, 6.07) is 7.20. The second-order valence-corrected chi connectivity index (χ2v) is 8.70. The monoisotopic (exact) mass is 498 g/mol. The summed E-state index contributed by atoms with van der Waals surface area (Å²) in [4.78, 5) is 28.6. The van der Waals surface area contributed by atoms with E-state index in [9.17, 15) is 18.0 Å². The Labute approximate surface area is 205 Å². The van der Waals surface area contributed by atoms with Crippen molar-refractivity contribution in [3.63, 3.8) is 0 Å². The van der Waals surface area contributed by atoms with Gasteiger partial charge in [-0.1, -0.05) is 19.9 Å². The fraction of sp³-hybridized carbons (Fsp3) is 0.280. The number of nitrogens with two attached hydrogens (primary N) is 1. The molecule has 0 aliphatic rings. The fourth-order valence-electron chi connectivity index (χ4n) is 3.82. The molecule has 0 saturated heterocycles. The molecule has 0 radical (unpaired) electrons. The van der Waals surface area contributed by atoms with Crippen LogP contribution in [0, 0.1) is 5.92 Å². The Kier molecular flexibility index (Phi) is 6.93. The lowest BCUT2D eigenvalue weighted by Crippen LogP contribution is -2.56. The molecule has 0 fully saturated rings. The number of hydrogen-bond acceptors (Lipinski definition) is 6. The van der Waals surface area contributed by atoms with Crippen molar-refractivity contribution >= 4 is 16.9 Å². The lowest BCUT2D eigenvalue weighted by molar-refractivity contribution is -0.143. The minimum absolute atomic E-state index is 0.293. The SMILES string of the molecule is CC(C)C(N)(C(=O)NCC(F)(F)F)c1cncc(-c2c[nH]c3ncc(OCc4cccnc4)cc23)c1. The number of hydrogen-bond donors (Lipinski definition) is 3. The van der Waals surface area contributed by atoms with E-state index in [0.717, 1.165) is 16.5 Å². The van der Waals surface area contributed by atoms with Gasteiger partial charge in [0.05, 0.1) is 6.20 Å². The number of alkyl halides is 3. The summed E-state index contributed by atoms with van der Waals surface area (Å²) in [6.07, 6.45) is 5.16. The number of rotatable bonds is 8. The molecule has 4 aromatic heterocycles. The fourth-order valence-corrected chi connectivity index (χ4v) is 3.82. The summed E-state index contributed by atoms with van der Waals surface area (Å²) in [7, 11) is 0. The van der Waals surface area contributed by atoms with Crippen molar-refractivity contribution in [2.24, 2.45) is 11.7 Å². The molecule has 1 amide bonds. The third-order valence-electron chi connectivity index (χ3n) is 5.90. The number of fused-ring (bicyclic) bond motifs is 1. The van der Waals surface area contributed by atoms with Gasteiger partial charge in [-0.25, -0.2) is 4.98 Å². The van der Waals surface area contributed by atoms with Crippen LogP contribution in [0.3, 0.4) is 0 Å². The lowest BCUT2D eigenvalue weighted by atomic mass is 9.80. The van der Waals surface area contributed by atoms with Crippen LogP contribution in [0.2, 0.25) is 0 Å². The first-order valence-electron chi connectivity index (χ1n) is 11.2. The average molecular weight is 499 g/mol. The first-order valence-corrected chi connectivity index (χ1v) is 11.2. The maximum absolute atomic E-state index is 12.8. The van der Waals surface area contributed by atoms with Gasteiger partial charge in [0.15, 0.2) is 0 Å². The van der Waals surface area contributed by atoms with Gasteiger partial charge in [0.2, 0.25) is 5.91 Å². The summed E-state index contributed by atoms with van der Waals surface area (Å²) in [5.74, 6) is -0.904. The number of amides is 1. The minimum Gasteiger partial charge on any atom is -0.487 e. The van der Waals surface area contributed by atoms with Crippen LogP contribution in [0.1, 0.15) is 25.0 Å².